The minimum atomic E-state index is -0.325. The van der Waals surface area contributed by atoms with Crippen LogP contribution in [0.5, 0.6) is 0 Å². The van der Waals surface area contributed by atoms with E-state index in [-0.39, 0.29) is 18.1 Å². The Balaban J connectivity index is 1.13. The Morgan fingerprint density at radius 3 is 2.37 bits per heavy atom. The van der Waals surface area contributed by atoms with Crippen molar-refractivity contribution in [3.63, 3.8) is 0 Å². The van der Waals surface area contributed by atoms with Crippen LogP contribution in [0.2, 0.25) is 0 Å². The number of anilines is 1. The van der Waals surface area contributed by atoms with Crippen LogP contribution in [0.25, 0.3) is 22.2 Å². The summed E-state index contributed by atoms with van der Waals surface area (Å²) in [6, 6.07) is 13.6. The number of alkyl carbamates (subject to hydrolysis) is 1. The highest BCUT2D eigenvalue weighted by Crippen LogP contribution is 2.29. The first-order valence-electron chi connectivity index (χ1n) is 15.5. The third-order valence-corrected chi connectivity index (χ3v) is 8.38. The number of aromatic nitrogens is 2. The summed E-state index contributed by atoms with van der Waals surface area (Å²) in [5.74, 6) is 1.57. The van der Waals surface area contributed by atoms with E-state index in [1.807, 2.05) is 56.6 Å². The molecule has 3 heterocycles. The summed E-state index contributed by atoms with van der Waals surface area (Å²) < 4.78 is 10.8. The Hall–Kier alpha value is -3.76. The molecule has 2 aromatic heterocycles. The van der Waals surface area contributed by atoms with Crippen molar-refractivity contribution in [3.05, 3.63) is 54.2 Å². The maximum Gasteiger partial charge on any atom is 0.407 e. The minimum absolute atomic E-state index is 0.0424. The number of nitrogens with one attached hydrogen (secondary N) is 3. The number of rotatable bonds is 11. The molecule has 0 atom stereocenters. The van der Waals surface area contributed by atoms with E-state index in [0.717, 1.165) is 79.6 Å². The molecule has 1 saturated heterocycles. The van der Waals surface area contributed by atoms with Crippen LogP contribution < -0.4 is 16.0 Å². The highest BCUT2D eigenvalue weighted by molar-refractivity contribution is 6.07. The SMILES string of the molecule is CN(C)CCNc1ccc(-c2cc(C(=O)NCC3CCC(CNC(=O)OC4CCOCC4)CC3)c3ccccc3n2)cn1. The number of fused-ring (bicyclic) bond motifs is 1. The van der Waals surface area contributed by atoms with Gasteiger partial charge in [0.1, 0.15) is 11.9 Å². The Labute approximate surface area is 253 Å². The normalized spacial score (nSPS) is 19.2. The summed E-state index contributed by atoms with van der Waals surface area (Å²) >= 11 is 0. The first-order chi connectivity index (χ1) is 20.9. The number of carbonyl (C=O) groups excluding carboxylic acids is 2. The molecule has 230 valence electrons. The van der Waals surface area contributed by atoms with E-state index in [1.165, 1.54) is 0 Å². The fourth-order valence-electron chi connectivity index (χ4n) is 5.76. The summed E-state index contributed by atoms with van der Waals surface area (Å²) in [5, 5.41) is 10.3. The van der Waals surface area contributed by atoms with Gasteiger partial charge in [-0.15, -0.1) is 0 Å². The van der Waals surface area contributed by atoms with Gasteiger partial charge >= 0.3 is 6.09 Å². The molecule has 0 bridgehead atoms. The van der Waals surface area contributed by atoms with Crippen molar-refractivity contribution in [1.29, 1.82) is 0 Å². The second-order valence-electron chi connectivity index (χ2n) is 11.9. The lowest BCUT2D eigenvalue weighted by Crippen LogP contribution is -2.37. The van der Waals surface area contributed by atoms with Gasteiger partial charge in [0.05, 0.1) is 30.0 Å². The standard InChI is InChI=1S/C33H44N6O4/c1-39(2)16-15-34-31-12-11-25(22-35-31)30-19-28(27-5-3-4-6-29(27)38-30)32(40)36-20-23-7-9-24(10-8-23)21-37-33(41)43-26-13-17-42-18-14-26/h3-6,11-12,19,22-24,26H,7-10,13-18,20-21H2,1-2H3,(H,34,35)(H,36,40)(H,37,41). The number of nitrogens with zero attached hydrogens (tertiary/aromatic N) is 3. The minimum Gasteiger partial charge on any atom is -0.446 e. The van der Waals surface area contributed by atoms with Crippen molar-refractivity contribution in [2.75, 3.05) is 58.8 Å². The zero-order valence-electron chi connectivity index (χ0n) is 25.3. The third kappa shape index (κ3) is 8.87. The first-order valence-corrected chi connectivity index (χ1v) is 15.5. The van der Waals surface area contributed by atoms with Gasteiger partial charge in [-0.2, -0.15) is 0 Å². The van der Waals surface area contributed by atoms with E-state index in [4.69, 9.17) is 14.5 Å². The fraction of sp³-hybridized carbons (Fsp3) is 0.515. The molecule has 5 rings (SSSR count). The average molecular weight is 589 g/mol. The predicted molar refractivity (Wildman–Crippen MR) is 168 cm³/mol. The molecule has 10 heteroatoms. The quantitative estimate of drug-likeness (QED) is 0.295. The van der Waals surface area contributed by atoms with Crippen molar-refractivity contribution in [3.8, 4) is 11.3 Å². The van der Waals surface area contributed by atoms with Gasteiger partial charge in [0.25, 0.3) is 5.91 Å². The van der Waals surface area contributed by atoms with E-state index < -0.39 is 0 Å². The zero-order valence-corrected chi connectivity index (χ0v) is 25.3. The summed E-state index contributed by atoms with van der Waals surface area (Å²) in [5.41, 5.74) is 2.98. The summed E-state index contributed by atoms with van der Waals surface area (Å²) in [7, 11) is 4.08. The molecular weight excluding hydrogens is 544 g/mol. The van der Waals surface area contributed by atoms with Gasteiger partial charge < -0.3 is 30.3 Å². The van der Waals surface area contributed by atoms with Gasteiger partial charge in [0.2, 0.25) is 0 Å². The van der Waals surface area contributed by atoms with Gasteiger partial charge in [-0.3, -0.25) is 4.79 Å². The number of carbonyl (C=O) groups is 2. The van der Waals surface area contributed by atoms with Crippen LogP contribution in [-0.4, -0.2) is 86.5 Å². The molecule has 1 aliphatic carbocycles. The van der Waals surface area contributed by atoms with E-state index in [0.29, 0.717) is 43.7 Å². The van der Waals surface area contributed by atoms with Crippen LogP contribution in [0, 0.1) is 11.8 Å². The summed E-state index contributed by atoms with van der Waals surface area (Å²) in [6.07, 6.45) is 7.04. The monoisotopic (exact) mass is 588 g/mol. The maximum atomic E-state index is 13.5. The number of ether oxygens (including phenoxy) is 2. The van der Waals surface area contributed by atoms with Crippen LogP contribution in [0.4, 0.5) is 10.6 Å². The Kier molecular flexibility index (Phi) is 10.8. The molecule has 2 amide bonds. The Morgan fingerprint density at radius 2 is 1.67 bits per heavy atom. The Bertz CT molecular complexity index is 1350. The molecule has 3 aromatic rings. The largest absolute Gasteiger partial charge is 0.446 e. The molecule has 0 spiro atoms. The first kappa shape index (κ1) is 30.7. The molecule has 1 aliphatic heterocycles. The van der Waals surface area contributed by atoms with Crippen molar-refractivity contribution in [2.24, 2.45) is 11.8 Å². The highest BCUT2D eigenvalue weighted by Gasteiger charge is 2.24. The smallest absolute Gasteiger partial charge is 0.407 e. The van der Waals surface area contributed by atoms with Crippen LogP contribution in [0.3, 0.4) is 0 Å². The maximum absolute atomic E-state index is 13.5. The van der Waals surface area contributed by atoms with E-state index in [1.54, 1.807) is 6.20 Å². The van der Waals surface area contributed by atoms with Gasteiger partial charge in [-0.05, 0) is 75.9 Å². The third-order valence-electron chi connectivity index (χ3n) is 8.38. The average Bonchev–Trinajstić information content (AvgIpc) is 3.03. The lowest BCUT2D eigenvalue weighted by Gasteiger charge is -2.29. The summed E-state index contributed by atoms with van der Waals surface area (Å²) in [6.45, 7) is 4.29. The number of hydrogen-bond acceptors (Lipinski definition) is 8. The molecule has 0 radical (unpaired) electrons. The lowest BCUT2D eigenvalue weighted by atomic mass is 9.82. The van der Waals surface area contributed by atoms with Crippen molar-refractivity contribution < 1.29 is 19.1 Å². The van der Waals surface area contributed by atoms with Gasteiger partial charge in [-0.25, -0.2) is 14.8 Å². The lowest BCUT2D eigenvalue weighted by molar-refractivity contribution is 0.00123. The second kappa shape index (κ2) is 15.1. The van der Waals surface area contributed by atoms with Crippen LogP contribution in [-0.2, 0) is 9.47 Å². The predicted octanol–water partition coefficient (Wildman–Crippen LogP) is 4.71. The van der Waals surface area contributed by atoms with E-state index in [2.05, 4.69) is 25.8 Å². The molecule has 2 aliphatic rings. The number of hydrogen-bond donors (Lipinski definition) is 3. The number of amides is 2. The number of benzene rings is 1. The molecular formula is C33H44N6O4. The zero-order chi connectivity index (χ0) is 30.0. The van der Waals surface area contributed by atoms with Gasteiger partial charge in [0, 0.05) is 56.2 Å². The number of pyridine rings is 2. The summed E-state index contributed by atoms with van der Waals surface area (Å²) in [4.78, 5) is 37.2. The fourth-order valence-corrected chi connectivity index (χ4v) is 5.76. The molecule has 10 nitrogen and oxygen atoms in total. The highest BCUT2D eigenvalue weighted by atomic mass is 16.6. The second-order valence-corrected chi connectivity index (χ2v) is 11.9. The van der Waals surface area contributed by atoms with Crippen molar-refractivity contribution in [2.45, 2.75) is 44.6 Å². The van der Waals surface area contributed by atoms with E-state index >= 15 is 0 Å². The number of likely N-dealkylation sites (N-methyl/N-ethyl adjacent to an activating group) is 1. The Morgan fingerprint density at radius 1 is 0.953 bits per heavy atom. The molecule has 1 saturated carbocycles. The molecule has 43 heavy (non-hydrogen) atoms. The molecule has 0 unspecified atom stereocenters. The van der Waals surface area contributed by atoms with Crippen LogP contribution in [0.1, 0.15) is 48.9 Å². The molecule has 2 fully saturated rings. The van der Waals surface area contributed by atoms with E-state index in [9.17, 15) is 9.59 Å². The van der Waals surface area contributed by atoms with Crippen LogP contribution in [0.15, 0.2) is 48.7 Å². The van der Waals surface area contributed by atoms with Crippen LogP contribution >= 0.6 is 0 Å². The topological polar surface area (TPSA) is 118 Å². The molecule has 3 N–H and O–H groups in total. The van der Waals surface area contributed by atoms with Gasteiger partial charge in [-0.1, -0.05) is 18.2 Å². The molecule has 1 aromatic carbocycles. The van der Waals surface area contributed by atoms with Crippen molar-refractivity contribution >= 4 is 28.7 Å². The van der Waals surface area contributed by atoms with Crippen molar-refractivity contribution in [1.82, 2.24) is 25.5 Å². The number of para-hydroxylation sites is 1. The van der Waals surface area contributed by atoms with Gasteiger partial charge in [0.15, 0.2) is 0 Å².